The number of esters is 2. The summed E-state index contributed by atoms with van der Waals surface area (Å²) >= 11 is 0. The minimum Gasteiger partial charge on any atom is -0.466 e. The fourth-order valence-corrected chi connectivity index (χ4v) is 1.41. The number of nitrogens with one attached hydrogen (secondary N) is 1. The highest BCUT2D eigenvalue weighted by Crippen LogP contribution is 2.02. The average molecular weight is 307 g/mol. The van der Waals surface area contributed by atoms with Gasteiger partial charge in [-0.05, 0) is 18.9 Å². The molecule has 1 unspecified atom stereocenters. The molecule has 1 heterocycles. The second kappa shape index (κ2) is 9.55. The molecule has 0 spiro atoms. The first kappa shape index (κ1) is 17.7. The third-order valence-electron chi connectivity index (χ3n) is 2.74. The number of hydrogen-bond acceptors (Lipinski definition) is 5. The van der Waals surface area contributed by atoms with E-state index in [0.29, 0.717) is 6.42 Å². The van der Waals surface area contributed by atoms with Crippen molar-refractivity contribution in [1.29, 1.82) is 0 Å². The predicted molar refractivity (Wildman–Crippen MR) is 79.7 cm³/mol. The molecule has 0 aliphatic carbocycles. The summed E-state index contributed by atoms with van der Waals surface area (Å²) in [6.07, 6.45) is 0.757. The monoisotopic (exact) mass is 307 g/mol. The summed E-state index contributed by atoms with van der Waals surface area (Å²) in [5, 5.41) is 2.56. The zero-order chi connectivity index (χ0) is 16.4. The molecule has 1 aliphatic heterocycles. The fraction of sp³-hybridized carbons (Fsp3) is 0.438. The fourth-order valence-electron chi connectivity index (χ4n) is 1.41. The summed E-state index contributed by atoms with van der Waals surface area (Å²) in [5.74, 6) is -0.436. The van der Waals surface area contributed by atoms with E-state index in [2.05, 4.69) is 5.32 Å². The molecule has 120 valence electrons. The Labute approximate surface area is 129 Å². The largest absolute Gasteiger partial charge is 0.466 e. The van der Waals surface area contributed by atoms with Gasteiger partial charge in [0.2, 0.25) is 5.91 Å². The van der Waals surface area contributed by atoms with Crippen molar-refractivity contribution in [2.24, 2.45) is 0 Å². The van der Waals surface area contributed by atoms with Crippen LogP contribution < -0.4 is 5.32 Å². The van der Waals surface area contributed by atoms with E-state index in [-0.39, 0.29) is 43.5 Å². The molecular formula is C16H21NO5. The van der Waals surface area contributed by atoms with Crippen molar-refractivity contribution in [3.8, 4) is 0 Å². The molecule has 0 aromatic heterocycles. The highest BCUT2D eigenvalue weighted by Gasteiger charge is 2.26. The van der Waals surface area contributed by atoms with Gasteiger partial charge in [-0.1, -0.05) is 30.3 Å². The maximum Gasteiger partial charge on any atom is 0.306 e. The number of ether oxygens (including phenoxy) is 2. The highest BCUT2D eigenvalue weighted by molar-refractivity contribution is 5.95. The average Bonchev–Trinajstić information content (AvgIpc) is 3.15. The second-order valence-corrected chi connectivity index (χ2v) is 4.82. The van der Waals surface area contributed by atoms with E-state index in [4.69, 9.17) is 9.47 Å². The summed E-state index contributed by atoms with van der Waals surface area (Å²) in [6, 6.07) is 9.64. The number of rotatable bonds is 6. The molecule has 1 aromatic carbocycles. The number of amides is 1. The first-order valence-electron chi connectivity index (χ1n) is 7.12. The van der Waals surface area contributed by atoms with Crippen LogP contribution in [0, 0.1) is 0 Å². The minimum atomic E-state index is -0.331. The SMILES string of the molecule is CC(=O)OCCCC(=O)OCc1ccccc1.CC1NC1=O. The third-order valence-corrected chi connectivity index (χ3v) is 2.74. The van der Waals surface area contributed by atoms with Crippen molar-refractivity contribution >= 4 is 17.8 Å². The quantitative estimate of drug-likeness (QED) is 0.489. The van der Waals surface area contributed by atoms with Crippen molar-refractivity contribution in [1.82, 2.24) is 5.32 Å². The van der Waals surface area contributed by atoms with Crippen LogP contribution in [0.15, 0.2) is 30.3 Å². The van der Waals surface area contributed by atoms with Gasteiger partial charge in [0.1, 0.15) is 12.6 Å². The highest BCUT2D eigenvalue weighted by atomic mass is 16.5. The van der Waals surface area contributed by atoms with E-state index < -0.39 is 0 Å². The first-order chi connectivity index (χ1) is 10.5. The Kier molecular flexibility index (Phi) is 7.67. The van der Waals surface area contributed by atoms with E-state index >= 15 is 0 Å². The van der Waals surface area contributed by atoms with Crippen LogP contribution in [0.3, 0.4) is 0 Å². The molecule has 1 amide bonds. The number of carbonyl (C=O) groups excluding carboxylic acids is 3. The van der Waals surface area contributed by atoms with Gasteiger partial charge in [0.25, 0.3) is 0 Å². The van der Waals surface area contributed by atoms with Gasteiger partial charge in [-0.2, -0.15) is 0 Å². The van der Waals surface area contributed by atoms with Crippen LogP contribution in [0.25, 0.3) is 0 Å². The number of benzene rings is 1. The predicted octanol–water partition coefficient (Wildman–Crippen LogP) is 1.58. The van der Waals surface area contributed by atoms with Crippen molar-refractivity contribution in [2.45, 2.75) is 39.3 Å². The Hall–Kier alpha value is -2.37. The van der Waals surface area contributed by atoms with Gasteiger partial charge in [-0.15, -0.1) is 0 Å². The summed E-state index contributed by atoms with van der Waals surface area (Å²) in [4.78, 5) is 31.5. The van der Waals surface area contributed by atoms with Gasteiger partial charge in [-0.25, -0.2) is 0 Å². The molecule has 1 atom stereocenters. The van der Waals surface area contributed by atoms with Gasteiger partial charge in [0, 0.05) is 13.3 Å². The van der Waals surface area contributed by atoms with E-state index in [1.807, 2.05) is 37.3 Å². The summed E-state index contributed by atoms with van der Waals surface area (Å²) in [5.41, 5.74) is 0.959. The molecule has 1 aliphatic rings. The normalized spacial score (nSPS) is 15.0. The Morgan fingerprint density at radius 2 is 1.77 bits per heavy atom. The zero-order valence-corrected chi connectivity index (χ0v) is 12.8. The van der Waals surface area contributed by atoms with Crippen LogP contribution in [0.4, 0.5) is 0 Å². The Balaban J connectivity index is 0.000000406. The van der Waals surface area contributed by atoms with E-state index in [9.17, 15) is 14.4 Å². The van der Waals surface area contributed by atoms with Crippen LogP contribution in [0.5, 0.6) is 0 Å². The van der Waals surface area contributed by atoms with Crippen LogP contribution in [-0.2, 0) is 30.5 Å². The molecule has 6 heteroatoms. The van der Waals surface area contributed by atoms with Crippen LogP contribution in [0.1, 0.15) is 32.3 Å². The smallest absolute Gasteiger partial charge is 0.306 e. The van der Waals surface area contributed by atoms with Gasteiger partial charge >= 0.3 is 11.9 Å². The number of hydrogen-bond donors (Lipinski definition) is 1. The lowest BCUT2D eigenvalue weighted by Crippen LogP contribution is -2.07. The Morgan fingerprint density at radius 1 is 1.18 bits per heavy atom. The minimum absolute atomic E-state index is 0.162. The molecule has 0 radical (unpaired) electrons. The van der Waals surface area contributed by atoms with Crippen LogP contribution in [0.2, 0.25) is 0 Å². The second-order valence-electron chi connectivity index (χ2n) is 4.82. The van der Waals surface area contributed by atoms with Gasteiger partial charge in [-0.3, -0.25) is 14.4 Å². The summed E-state index contributed by atoms with van der Waals surface area (Å²) in [7, 11) is 0. The van der Waals surface area contributed by atoms with E-state index in [1.54, 1.807) is 0 Å². The topological polar surface area (TPSA) is 91.6 Å². The van der Waals surface area contributed by atoms with Crippen molar-refractivity contribution in [3.05, 3.63) is 35.9 Å². The molecule has 1 saturated heterocycles. The summed E-state index contributed by atoms with van der Waals surface area (Å²) < 4.78 is 9.76. The zero-order valence-electron chi connectivity index (χ0n) is 12.8. The molecule has 1 aromatic rings. The van der Waals surface area contributed by atoms with E-state index in [1.165, 1.54) is 6.92 Å². The van der Waals surface area contributed by atoms with Crippen molar-refractivity contribution < 1.29 is 23.9 Å². The molecule has 2 rings (SSSR count). The molecular weight excluding hydrogens is 286 g/mol. The molecule has 22 heavy (non-hydrogen) atoms. The maximum absolute atomic E-state index is 11.3. The lowest BCUT2D eigenvalue weighted by Gasteiger charge is -2.05. The lowest BCUT2D eigenvalue weighted by molar-refractivity contribution is -0.147. The Morgan fingerprint density at radius 3 is 2.27 bits per heavy atom. The van der Waals surface area contributed by atoms with Gasteiger partial charge < -0.3 is 14.8 Å². The third kappa shape index (κ3) is 8.73. The van der Waals surface area contributed by atoms with Gasteiger partial charge in [0.15, 0.2) is 0 Å². The molecule has 0 bridgehead atoms. The standard InChI is InChI=1S/C13H16O4.C3H5NO/c1-11(14)16-9-5-8-13(15)17-10-12-6-3-2-4-7-12;1-2-3(5)4-2/h2-4,6-7H,5,8-10H2,1H3;2H,1H3,(H,4,5). The van der Waals surface area contributed by atoms with Gasteiger partial charge in [0.05, 0.1) is 6.61 Å². The van der Waals surface area contributed by atoms with E-state index in [0.717, 1.165) is 5.56 Å². The van der Waals surface area contributed by atoms with Crippen molar-refractivity contribution in [3.63, 3.8) is 0 Å². The molecule has 1 N–H and O–H groups in total. The maximum atomic E-state index is 11.3. The van der Waals surface area contributed by atoms with Crippen molar-refractivity contribution in [2.75, 3.05) is 6.61 Å². The molecule has 1 fully saturated rings. The summed E-state index contributed by atoms with van der Waals surface area (Å²) in [6.45, 7) is 3.72. The molecule has 0 saturated carbocycles. The Bertz CT molecular complexity index is 501. The van der Waals surface area contributed by atoms with Crippen LogP contribution >= 0.6 is 0 Å². The molecule has 6 nitrogen and oxygen atoms in total. The lowest BCUT2D eigenvalue weighted by atomic mass is 10.2. The first-order valence-corrected chi connectivity index (χ1v) is 7.12. The van der Waals surface area contributed by atoms with Crippen LogP contribution in [-0.4, -0.2) is 30.5 Å². The number of carbonyl (C=O) groups is 3.